The van der Waals surface area contributed by atoms with Crippen LogP contribution in [-0.2, 0) is 32.6 Å². The summed E-state index contributed by atoms with van der Waals surface area (Å²) in [6, 6.07) is 30.5. The lowest BCUT2D eigenvalue weighted by Gasteiger charge is -2.34. The van der Waals surface area contributed by atoms with Gasteiger partial charge in [0.15, 0.2) is 0 Å². The molecule has 0 spiro atoms. The lowest BCUT2D eigenvalue weighted by molar-refractivity contribution is -0.140. The number of anilines is 1. The molecule has 0 heterocycles. The second-order valence-corrected chi connectivity index (χ2v) is 13.0. The second-order valence-electron chi connectivity index (χ2n) is 9.51. The number of hydrogen-bond donors (Lipinski definition) is 1. The molecule has 0 unspecified atom stereocenters. The Balaban J connectivity index is 1.79. The first kappa shape index (κ1) is 31.5. The van der Waals surface area contributed by atoms with Crippen molar-refractivity contribution in [1.82, 2.24) is 10.2 Å². The number of nitrogens with zero attached hydrogens (tertiary/aromatic N) is 2. The van der Waals surface area contributed by atoms with Crippen LogP contribution in [0.25, 0.3) is 0 Å². The van der Waals surface area contributed by atoms with Crippen molar-refractivity contribution in [2.24, 2.45) is 0 Å². The zero-order valence-corrected chi connectivity index (χ0v) is 26.7. The van der Waals surface area contributed by atoms with Crippen molar-refractivity contribution >= 4 is 61.7 Å². The standard InChI is InChI=1S/C32H31ClIN3O4S/c1-2-35-32(39)30(21-24-11-5-3-6-12-24)36(22-25-13-9-10-16-29(25)33)31(38)23-37(27-19-17-26(34)18-20-27)42(40,41)28-14-7-4-8-15-28/h3-20,30H,2,21-23H2,1H3,(H,35,39)/t30-/m1/s1. The van der Waals surface area contributed by atoms with Crippen LogP contribution in [0.3, 0.4) is 0 Å². The van der Waals surface area contributed by atoms with Crippen LogP contribution < -0.4 is 9.62 Å². The highest BCUT2D eigenvalue weighted by atomic mass is 127. The van der Waals surface area contributed by atoms with Crippen LogP contribution in [0.15, 0.2) is 114 Å². The summed E-state index contributed by atoms with van der Waals surface area (Å²) in [6.07, 6.45) is 0.234. The average molecular weight is 716 g/mol. The molecule has 4 aromatic rings. The van der Waals surface area contributed by atoms with Crippen molar-refractivity contribution in [3.63, 3.8) is 0 Å². The van der Waals surface area contributed by atoms with Crippen molar-refractivity contribution in [1.29, 1.82) is 0 Å². The number of sulfonamides is 1. The number of hydrogen-bond acceptors (Lipinski definition) is 4. The summed E-state index contributed by atoms with van der Waals surface area (Å²) in [7, 11) is -4.13. The van der Waals surface area contributed by atoms with Crippen LogP contribution in [0.4, 0.5) is 5.69 Å². The number of likely N-dealkylation sites (N-methyl/N-ethyl adjacent to an activating group) is 1. The van der Waals surface area contributed by atoms with E-state index >= 15 is 0 Å². The third-order valence-electron chi connectivity index (χ3n) is 6.65. The summed E-state index contributed by atoms with van der Waals surface area (Å²) in [5.41, 5.74) is 1.83. The second kappa shape index (κ2) is 14.7. The van der Waals surface area contributed by atoms with Crippen LogP contribution in [-0.4, -0.2) is 44.3 Å². The molecule has 1 atom stereocenters. The SMILES string of the molecule is CCNC(=O)[C@@H](Cc1ccccc1)N(Cc1ccccc1Cl)C(=O)CN(c1ccc(I)cc1)S(=O)(=O)c1ccccc1. The maximum Gasteiger partial charge on any atom is 0.264 e. The molecule has 0 bridgehead atoms. The Labute approximate surface area is 265 Å². The number of benzene rings is 4. The van der Waals surface area contributed by atoms with Gasteiger partial charge in [0.25, 0.3) is 10.0 Å². The van der Waals surface area contributed by atoms with E-state index in [0.29, 0.717) is 22.8 Å². The Kier molecular flexibility index (Phi) is 11.0. The minimum absolute atomic E-state index is 0.0130. The average Bonchev–Trinajstić information content (AvgIpc) is 3.00. The molecule has 4 aromatic carbocycles. The third-order valence-corrected chi connectivity index (χ3v) is 9.52. The molecule has 0 fully saturated rings. The topological polar surface area (TPSA) is 86.8 Å². The number of carbonyl (C=O) groups excluding carboxylic acids is 2. The lowest BCUT2D eigenvalue weighted by Crippen LogP contribution is -2.53. The first-order chi connectivity index (χ1) is 20.2. The van der Waals surface area contributed by atoms with Crippen molar-refractivity contribution in [3.8, 4) is 0 Å². The summed E-state index contributed by atoms with van der Waals surface area (Å²) >= 11 is 8.64. The van der Waals surface area contributed by atoms with Gasteiger partial charge in [-0.1, -0.05) is 78.3 Å². The molecular weight excluding hydrogens is 685 g/mol. The highest BCUT2D eigenvalue weighted by molar-refractivity contribution is 14.1. The molecule has 0 saturated carbocycles. The number of nitrogens with one attached hydrogen (secondary N) is 1. The first-order valence-corrected chi connectivity index (χ1v) is 16.3. The van der Waals surface area contributed by atoms with Gasteiger partial charge in [0, 0.05) is 28.1 Å². The fraction of sp³-hybridized carbons (Fsp3) is 0.188. The van der Waals surface area contributed by atoms with Crippen LogP contribution in [0.2, 0.25) is 5.02 Å². The molecule has 10 heteroatoms. The molecule has 4 rings (SSSR count). The Morgan fingerprint density at radius 3 is 2.07 bits per heavy atom. The maximum absolute atomic E-state index is 14.3. The van der Waals surface area contributed by atoms with Gasteiger partial charge in [-0.05, 0) is 83.1 Å². The lowest BCUT2D eigenvalue weighted by atomic mass is 10.0. The molecule has 7 nitrogen and oxygen atoms in total. The van der Waals surface area contributed by atoms with Gasteiger partial charge in [-0.2, -0.15) is 0 Å². The Bertz CT molecular complexity index is 1600. The number of halogens is 2. The molecule has 0 aliphatic carbocycles. The van der Waals surface area contributed by atoms with Gasteiger partial charge in [0.1, 0.15) is 12.6 Å². The van der Waals surface area contributed by atoms with E-state index in [0.717, 1.165) is 13.4 Å². The molecule has 2 amide bonds. The van der Waals surface area contributed by atoms with E-state index in [9.17, 15) is 18.0 Å². The molecule has 0 aliphatic heterocycles. The largest absolute Gasteiger partial charge is 0.355 e. The van der Waals surface area contributed by atoms with E-state index in [-0.39, 0.29) is 23.8 Å². The number of amides is 2. The van der Waals surface area contributed by atoms with Crippen LogP contribution in [0.5, 0.6) is 0 Å². The van der Waals surface area contributed by atoms with Crippen LogP contribution >= 0.6 is 34.2 Å². The summed E-state index contributed by atoms with van der Waals surface area (Å²) in [6.45, 7) is 1.67. The van der Waals surface area contributed by atoms with Crippen molar-refractivity contribution in [2.45, 2.75) is 30.8 Å². The van der Waals surface area contributed by atoms with Gasteiger partial charge in [-0.25, -0.2) is 8.42 Å². The van der Waals surface area contributed by atoms with E-state index in [2.05, 4.69) is 27.9 Å². The minimum atomic E-state index is -4.13. The fourth-order valence-electron chi connectivity index (χ4n) is 4.51. The normalized spacial score (nSPS) is 11.9. The molecule has 0 saturated heterocycles. The summed E-state index contributed by atoms with van der Waals surface area (Å²) in [5, 5.41) is 3.29. The zero-order chi connectivity index (χ0) is 30.1. The molecule has 0 radical (unpaired) electrons. The quantitative estimate of drug-likeness (QED) is 0.185. The van der Waals surface area contributed by atoms with Crippen molar-refractivity contribution in [3.05, 3.63) is 129 Å². The maximum atomic E-state index is 14.3. The highest BCUT2D eigenvalue weighted by Gasteiger charge is 2.34. The number of carbonyl (C=O) groups is 2. The van der Waals surface area contributed by atoms with Crippen LogP contribution in [0.1, 0.15) is 18.1 Å². The summed E-state index contributed by atoms with van der Waals surface area (Å²) in [4.78, 5) is 29.3. The van der Waals surface area contributed by atoms with Crippen molar-refractivity contribution < 1.29 is 18.0 Å². The molecule has 1 N–H and O–H groups in total. The monoisotopic (exact) mass is 715 g/mol. The smallest absolute Gasteiger partial charge is 0.264 e. The summed E-state index contributed by atoms with van der Waals surface area (Å²) < 4.78 is 29.9. The molecule has 0 aromatic heterocycles. The fourth-order valence-corrected chi connectivity index (χ4v) is 6.50. The molecule has 42 heavy (non-hydrogen) atoms. The van der Waals surface area contributed by atoms with Crippen molar-refractivity contribution in [2.75, 3.05) is 17.4 Å². The first-order valence-electron chi connectivity index (χ1n) is 13.4. The van der Waals surface area contributed by atoms with E-state index in [1.165, 1.54) is 17.0 Å². The van der Waals surface area contributed by atoms with Gasteiger partial charge >= 0.3 is 0 Å². The van der Waals surface area contributed by atoms with E-state index < -0.39 is 28.5 Å². The predicted molar refractivity (Wildman–Crippen MR) is 175 cm³/mol. The molecular formula is C32H31ClIN3O4S. The van der Waals surface area contributed by atoms with E-state index in [1.807, 2.05) is 37.3 Å². The van der Waals surface area contributed by atoms with Gasteiger partial charge in [0.05, 0.1) is 10.6 Å². The predicted octanol–water partition coefficient (Wildman–Crippen LogP) is 5.92. The molecule has 0 aliphatic rings. The molecule has 218 valence electrons. The van der Waals surface area contributed by atoms with Gasteiger partial charge in [-0.3, -0.25) is 13.9 Å². The van der Waals surface area contributed by atoms with Crippen LogP contribution in [0, 0.1) is 3.57 Å². The Morgan fingerprint density at radius 2 is 1.45 bits per heavy atom. The highest BCUT2D eigenvalue weighted by Crippen LogP contribution is 2.26. The minimum Gasteiger partial charge on any atom is -0.355 e. The Hall–Kier alpha value is -3.41. The third kappa shape index (κ3) is 7.90. The van der Waals surface area contributed by atoms with E-state index in [4.69, 9.17) is 11.6 Å². The zero-order valence-electron chi connectivity index (χ0n) is 23.0. The van der Waals surface area contributed by atoms with Gasteiger partial charge in [-0.15, -0.1) is 0 Å². The van der Waals surface area contributed by atoms with Gasteiger partial charge in [0.2, 0.25) is 11.8 Å². The Morgan fingerprint density at radius 1 is 0.857 bits per heavy atom. The van der Waals surface area contributed by atoms with E-state index in [1.54, 1.807) is 66.7 Å². The van der Waals surface area contributed by atoms with Gasteiger partial charge < -0.3 is 10.2 Å². The summed E-state index contributed by atoms with van der Waals surface area (Å²) in [5.74, 6) is -0.881. The number of rotatable bonds is 12.